The molecule has 3 fully saturated rings. The number of ether oxygens (including phenoxy) is 1. The van der Waals surface area contributed by atoms with Crippen molar-refractivity contribution in [2.45, 2.75) is 64.5 Å². The summed E-state index contributed by atoms with van der Waals surface area (Å²) in [6.45, 7) is 3.57. The summed E-state index contributed by atoms with van der Waals surface area (Å²) in [6, 6.07) is 13.8. The third-order valence-corrected chi connectivity index (χ3v) is 10.9. The van der Waals surface area contributed by atoms with Gasteiger partial charge in [-0.3, -0.25) is 24.7 Å². The maximum absolute atomic E-state index is 13.4. The number of carbonyl (C=O) groups excluding carboxylic acids is 2. The maximum atomic E-state index is 13.4. The van der Waals surface area contributed by atoms with Crippen LogP contribution in [-0.2, 0) is 30.8 Å². The number of esters is 1. The molecule has 3 atom stereocenters. The van der Waals surface area contributed by atoms with E-state index in [1.807, 2.05) is 62.4 Å². The first kappa shape index (κ1) is 30.8. The van der Waals surface area contributed by atoms with Crippen molar-refractivity contribution in [3.8, 4) is 11.1 Å². The molecule has 0 spiro atoms. The van der Waals surface area contributed by atoms with Crippen LogP contribution >= 0.6 is 0 Å². The van der Waals surface area contributed by atoms with Crippen molar-refractivity contribution >= 4 is 33.3 Å². The first-order valence-electron chi connectivity index (χ1n) is 14.6. The second kappa shape index (κ2) is 11.8. The molecule has 11 nitrogen and oxygen atoms in total. The lowest BCUT2D eigenvalue weighted by molar-refractivity contribution is -0.463. The summed E-state index contributed by atoms with van der Waals surface area (Å²) in [4.78, 5) is 40.7. The molecule has 0 saturated heterocycles. The van der Waals surface area contributed by atoms with E-state index in [9.17, 15) is 28.1 Å². The van der Waals surface area contributed by atoms with Gasteiger partial charge in [0, 0.05) is 22.4 Å². The average Bonchev–Trinajstić information content (AvgIpc) is 3.70. The van der Waals surface area contributed by atoms with Gasteiger partial charge in [-0.2, -0.15) is 0 Å². The minimum atomic E-state index is -4.00. The molecule has 5 rings (SSSR count). The topological polar surface area (TPSA) is 157 Å². The number of sulfonamides is 1. The molecule has 230 valence electrons. The van der Waals surface area contributed by atoms with Gasteiger partial charge < -0.3 is 10.1 Å². The SMILES string of the molecule is COC(=O)[C@H](Cc1ccc(-c2cccc(NC(C[N+](=O)[O-])=NC3CC3)c2)cc1)NS(=O)(=O)CC12CC[C@@H](CC1=O)C2(C)C. The summed E-state index contributed by atoms with van der Waals surface area (Å²) in [5.74, 6) is -0.546. The van der Waals surface area contributed by atoms with Crippen LogP contribution in [0.15, 0.2) is 53.5 Å². The summed E-state index contributed by atoms with van der Waals surface area (Å²) >= 11 is 0. The molecule has 3 aliphatic rings. The Hall–Kier alpha value is -3.64. The molecular weight excluding hydrogens is 572 g/mol. The number of hydrogen-bond acceptors (Lipinski definition) is 8. The summed E-state index contributed by atoms with van der Waals surface area (Å²) in [6.07, 6.45) is 3.72. The van der Waals surface area contributed by atoms with Gasteiger partial charge in [0.25, 0.3) is 6.54 Å². The van der Waals surface area contributed by atoms with Crippen molar-refractivity contribution in [1.82, 2.24) is 4.72 Å². The highest BCUT2D eigenvalue weighted by molar-refractivity contribution is 7.89. The van der Waals surface area contributed by atoms with Gasteiger partial charge in [-0.25, -0.2) is 13.1 Å². The highest BCUT2D eigenvalue weighted by Gasteiger charge is 2.65. The molecule has 43 heavy (non-hydrogen) atoms. The summed E-state index contributed by atoms with van der Waals surface area (Å²) in [7, 11) is -2.78. The molecular formula is C31H38N4O7S. The van der Waals surface area contributed by atoms with Crippen molar-refractivity contribution in [3.05, 3.63) is 64.2 Å². The Morgan fingerprint density at radius 2 is 1.86 bits per heavy atom. The largest absolute Gasteiger partial charge is 0.468 e. The monoisotopic (exact) mass is 610 g/mol. The first-order chi connectivity index (χ1) is 20.3. The second-order valence-electron chi connectivity index (χ2n) is 12.5. The molecule has 3 aliphatic carbocycles. The molecule has 0 amide bonds. The van der Waals surface area contributed by atoms with Crippen LogP contribution in [0, 0.1) is 26.9 Å². The number of fused-ring (bicyclic) bond motifs is 2. The minimum absolute atomic E-state index is 0.00666. The van der Waals surface area contributed by atoms with Crippen molar-refractivity contribution < 1.29 is 27.7 Å². The highest BCUT2D eigenvalue weighted by atomic mass is 32.2. The lowest BCUT2D eigenvalue weighted by Gasteiger charge is -2.36. The number of hydrogen-bond donors (Lipinski definition) is 2. The van der Waals surface area contributed by atoms with Crippen molar-refractivity contribution in [3.63, 3.8) is 0 Å². The maximum Gasteiger partial charge on any atom is 0.324 e. The van der Waals surface area contributed by atoms with E-state index in [2.05, 4.69) is 15.0 Å². The number of amidine groups is 1. The van der Waals surface area contributed by atoms with Gasteiger partial charge in [-0.1, -0.05) is 50.2 Å². The van der Waals surface area contributed by atoms with Crippen LogP contribution in [0.25, 0.3) is 11.1 Å². The molecule has 1 unspecified atom stereocenters. The van der Waals surface area contributed by atoms with Crippen molar-refractivity contribution in [2.75, 3.05) is 24.7 Å². The van der Waals surface area contributed by atoms with Crippen molar-refractivity contribution in [1.29, 1.82) is 0 Å². The number of methoxy groups -OCH3 is 1. The molecule has 2 bridgehead atoms. The van der Waals surface area contributed by atoms with Crippen LogP contribution in [-0.4, -0.2) is 62.4 Å². The third kappa shape index (κ3) is 6.65. The predicted octanol–water partition coefficient (Wildman–Crippen LogP) is 4.00. The van der Waals surface area contributed by atoms with Gasteiger partial charge in [0.05, 0.1) is 18.9 Å². The van der Waals surface area contributed by atoms with Crippen LogP contribution in [0.1, 0.15) is 51.5 Å². The Kier molecular flexibility index (Phi) is 8.45. The number of rotatable bonds is 12. The fraction of sp³-hybridized carbons (Fsp3) is 0.516. The fourth-order valence-corrected chi connectivity index (χ4v) is 8.70. The molecule has 0 aromatic heterocycles. The first-order valence-corrected chi connectivity index (χ1v) is 16.2. The van der Waals surface area contributed by atoms with E-state index >= 15 is 0 Å². The normalized spacial score (nSPS) is 23.7. The Labute approximate surface area is 251 Å². The zero-order chi connectivity index (χ0) is 31.0. The zero-order valence-corrected chi connectivity index (χ0v) is 25.5. The molecule has 2 aromatic carbocycles. The average molecular weight is 611 g/mol. The standard InChI is InChI=1S/C31H38N4O7S/c1-30(2)23-13-14-31(30,27(36)17-23)19-43(40,41)34-26(29(37)42-3)15-20-7-9-21(10-8-20)22-5-4-6-25(16-22)33-28(18-35(38)39)32-24-11-12-24/h4-10,16,23-24,26,34H,11-15,17-19H2,1-3H3,(H,32,33)/t23-,26-,31?/m0/s1. The molecule has 12 heteroatoms. The quantitative estimate of drug-likeness (QED) is 0.120. The fourth-order valence-electron chi connectivity index (χ4n) is 6.68. The van der Waals surface area contributed by atoms with Crippen LogP contribution in [0.2, 0.25) is 0 Å². The number of ketones is 1. The van der Waals surface area contributed by atoms with Crippen LogP contribution < -0.4 is 10.0 Å². The van der Waals surface area contributed by atoms with E-state index in [0.717, 1.165) is 36.0 Å². The highest BCUT2D eigenvalue weighted by Crippen LogP contribution is 2.64. The molecule has 0 radical (unpaired) electrons. The third-order valence-electron chi connectivity index (χ3n) is 9.43. The van der Waals surface area contributed by atoms with E-state index in [-0.39, 0.29) is 36.5 Å². The number of nitrogens with zero attached hydrogens (tertiary/aromatic N) is 2. The van der Waals surface area contributed by atoms with E-state index in [1.165, 1.54) is 7.11 Å². The van der Waals surface area contributed by atoms with Crippen molar-refractivity contribution in [2.24, 2.45) is 21.7 Å². The zero-order valence-electron chi connectivity index (χ0n) is 24.7. The van der Waals surface area contributed by atoms with E-state index in [4.69, 9.17) is 4.74 Å². The molecule has 2 aromatic rings. The Morgan fingerprint density at radius 3 is 2.44 bits per heavy atom. The Morgan fingerprint density at radius 1 is 1.14 bits per heavy atom. The number of anilines is 1. The smallest absolute Gasteiger partial charge is 0.324 e. The summed E-state index contributed by atoms with van der Waals surface area (Å²) in [5, 5.41) is 14.2. The van der Waals surface area contributed by atoms with E-state index in [1.54, 1.807) is 0 Å². The molecule has 0 heterocycles. The second-order valence-corrected chi connectivity index (χ2v) is 14.3. The van der Waals surface area contributed by atoms with Gasteiger partial charge in [0.2, 0.25) is 10.0 Å². The predicted molar refractivity (Wildman–Crippen MR) is 163 cm³/mol. The number of aliphatic imine (C=N–C) groups is 1. The van der Waals surface area contributed by atoms with E-state index < -0.39 is 37.8 Å². The molecule has 0 aliphatic heterocycles. The van der Waals surface area contributed by atoms with Gasteiger partial charge in [0.1, 0.15) is 11.8 Å². The number of carbonyl (C=O) groups is 2. The van der Waals surface area contributed by atoms with Gasteiger partial charge in [-0.05, 0) is 72.3 Å². The van der Waals surface area contributed by atoms with Crippen LogP contribution in [0.5, 0.6) is 0 Å². The van der Waals surface area contributed by atoms with Crippen LogP contribution in [0.3, 0.4) is 0 Å². The number of nitro groups is 1. The lowest BCUT2D eigenvalue weighted by atomic mass is 9.70. The number of nitrogens with one attached hydrogen (secondary N) is 2. The number of benzene rings is 2. The van der Waals surface area contributed by atoms with Gasteiger partial charge in [0.15, 0.2) is 5.84 Å². The number of Topliss-reactive ketones (excluding diaryl/α,β-unsaturated/α-hetero) is 1. The Balaban J connectivity index is 1.28. The Bertz CT molecular complexity index is 1550. The van der Waals surface area contributed by atoms with E-state index in [0.29, 0.717) is 24.4 Å². The van der Waals surface area contributed by atoms with Crippen LogP contribution in [0.4, 0.5) is 5.69 Å². The summed E-state index contributed by atoms with van der Waals surface area (Å²) < 4.78 is 34.2. The summed E-state index contributed by atoms with van der Waals surface area (Å²) in [5.41, 5.74) is 1.78. The van der Waals surface area contributed by atoms with Gasteiger partial charge >= 0.3 is 5.97 Å². The van der Waals surface area contributed by atoms with Gasteiger partial charge in [-0.15, -0.1) is 0 Å². The minimum Gasteiger partial charge on any atom is -0.468 e. The lowest BCUT2D eigenvalue weighted by Crippen LogP contribution is -2.50. The molecule has 2 N–H and O–H groups in total. The molecule has 3 saturated carbocycles.